The highest BCUT2D eigenvalue weighted by atomic mass is 16.3. The van der Waals surface area contributed by atoms with Gasteiger partial charge in [-0.05, 0) is 30.1 Å². The Morgan fingerprint density at radius 2 is 1.64 bits per heavy atom. The minimum atomic E-state index is 0.375. The first-order valence-corrected chi connectivity index (χ1v) is 6.25. The van der Waals surface area contributed by atoms with Crippen molar-refractivity contribution in [3.63, 3.8) is 0 Å². The molecule has 1 heteroatoms. The number of aliphatic hydroxyl groups is 1. The maximum atomic E-state index is 8.94. The minimum absolute atomic E-state index is 0.375. The van der Waals surface area contributed by atoms with Crippen LogP contribution in [0.15, 0.2) is 0 Å². The number of unbranched alkanes of at least 4 members (excludes halogenated alkanes) is 3. The van der Waals surface area contributed by atoms with Crippen molar-refractivity contribution >= 4 is 0 Å². The lowest BCUT2D eigenvalue weighted by molar-refractivity contribution is 0.270. The number of aliphatic hydroxyl groups excluding tert-OH is 1. The average molecular weight is 198 g/mol. The van der Waals surface area contributed by atoms with Gasteiger partial charge >= 0.3 is 0 Å². The molecule has 84 valence electrons. The molecule has 0 radical (unpaired) electrons. The van der Waals surface area contributed by atoms with Crippen LogP contribution in [-0.2, 0) is 0 Å². The molecule has 0 heterocycles. The summed E-state index contributed by atoms with van der Waals surface area (Å²) < 4.78 is 0. The van der Waals surface area contributed by atoms with E-state index in [2.05, 4.69) is 20.8 Å². The van der Waals surface area contributed by atoms with Gasteiger partial charge in [-0.1, -0.05) is 46.5 Å². The Bertz CT molecular complexity index is 163. The van der Waals surface area contributed by atoms with Gasteiger partial charge in [-0.25, -0.2) is 0 Å². The number of rotatable bonds is 7. The first kappa shape index (κ1) is 12.0. The fraction of sp³-hybridized carbons (Fsp3) is 1.00. The lowest BCUT2D eigenvalue weighted by Crippen LogP contribution is -1.92. The van der Waals surface area contributed by atoms with Crippen LogP contribution in [0.4, 0.5) is 0 Å². The molecule has 1 aliphatic rings. The summed E-state index contributed by atoms with van der Waals surface area (Å²) in [6.45, 7) is 7.35. The zero-order valence-electron chi connectivity index (χ0n) is 10.1. The second-order valence-corrected chi connectivity index (χ2v) is 5.40. The van der Waals surface area contributed by atoms with Gasteiger partial charge in [-0.2, -0.15) is 0 Å². The fourth-order valence-corrected chi connectivity index (χ4v) is 2.93. The van der Waals surface area contributed by atoms with Gasteiger partial charge in [0.25, 0.3) is 0 Å². The van der Waals surface area contributed by atoms with E-state index in [9.17, 15) is 0 Å². The third-order valence-electron chi connectivity index (χ3n) is 4.10. The third kappa shape index (κ3) is 2.73. The highest BCUT2D eigenvalue weighted by Gasteiger charge is 2.55. The molecule has 0 aromatic heterocycles. The summed E-state index contributed by atoms with van der Waals surface area (Å²) >= 11 is 0. The van der Waals surface area contributed by atoms with Gasteiger partial charge in [0.1, 0.15) is 0 Å². The van der Waals surface area contributed by atoms with Crippen LogP contribution in [0.5, 0.6) is 0 Å². The summed E-state index contributed by atoms with van der Waals surface area (Å²) in [6, 6.07) is 0. The van der Waals surface area contributed by atoms with Crippen molar-refractivity contribution in [1.29, 1.82) is 0 Å². The average Bonchev–Trinajstić information content (AvgIpc) is 2.64. The van der Waals surface area contributed by atoms with Crippen LogP contribution in [0.2, 0.25) is 0 Å². The van der Waals surface area contributed by atoms with E-state index < -0.39 is 0 Å². The van der Waals surface area contributed by atoms with E-state index in [0.29, 0.717) is 12.0 Å². The smallest absolute Gasteiger partial charge is 0.0433 e. The van der Waals surface area contributed by atoms with E-state index in [4.69, 9.17) is 5.11 Å². The van der Waals surface area contributed by atoms with E-state index in [0.717, 1.165) is 18.3 Å². The lowest BCUT2D eigenvalue weighted by atomic mass is 10.0. The Morgan fingerprint density at radius 3 is 2.21 bits per heavy atom. The quantitative estimate of drug-likeness (QED) is 0.620. The summed E-state index contributed by atoms with van der Waals surface area (Å²) in [6.07, 6.45) is 7.91. The summed E-state index contributed by atoms with van der Waals surface area (Å²) in [7, 11) is 0. The molecule has 2 atom stereocenters. The summed E-state index contributed by atoms with van der Waals surface area (Å²) in [5.41, 5.74) is 0.523. The van der Waals surface area contributed by atoms with Crippen LogP contribution < -0.4 is 0 Å². The van der Waals surface area contributed by atoms with E-state index in [1.165, 1.54) is 32.1 Å². The first-order chi connectivity index (χ1) is 6.64. The predicted octanol–water partition coefficient (Wildman–Crippen LogP) is 3.61. The molecule has 1 N–H and O–H groups in total. The standard InChI is InChI=1S/C13H26O/c1-4-5-6-7-8-11-12(9-10-14)13(11,2)3/h11-12,14H,4-10H2,1-3H3. The Hall–Kier alpha value is -0.0400. The molecule has 0 aromatic rings. The van der Waals surface area contributed by atoms with Gasteiger partial charge in [0.05, 0.1) is 0 Å². The van der Waals surface area contributed by atoms with Gasteiger partial charge in [-0.3, -0.25) is 0 Å². The van der Waals surface area contributed by atoms with Crippen LogP contribution in [0.25, 0.3) is 0 Å². The first-order valence-electron chi connectivity index (χ1n) is 6.25. The minimum Gasteiger partial charge on any atom is -0.396 e. The molecule has 0 aliphatic heterocycles. The number of hydrogen-bond donors (Lipinski definition) is 1. The van der Waals surface area contributed by atoms with Gasteiger partial charge in [0.15, 0.2) is 0 Å². The Balaban J connectivity index is 2.13. The van der Waals surface area contributed by atoms with Crippen molar-refractivity contribution in [1.82, 2.24) is 0 Å². The van der Waals surface area contributed by atoms with Crippen LogP contribution in [0.1, 0.15) is 59.3 Å². The summed E-state index contributed by atoms with van der Waals surface area (Å²) in [4.78, 5) is 0. The molecule has 0 bridgehead atoms. The highest BCUT2D eigenvalue weighted by Crippen LogP contribution is 2.61. The van der Waals surface area contributed by atoms with E-state index in [-0.39, 0.29) is 0 Å². The summed E-state index contributed by atoms with van der Waals surface area (Å²) in [5, 5.41) is 8.94. The van der Waals surface area contributed by atoms with Crippen molar-refractivity contribution in [2.75, 3.05) is 6.61 Å². The summed E-state index contributed by atoms with van der Waals surface area (Å²) in [5.74, 6) is 1.70. The van der Waals surface area contributed by atoms with Crippen molar-refractivity contribution < 1.29 is 5.11 Å². The molecule has 0 amide bonds. The van der Waals surface area contributed by atoms with Gasteiger partial charge in [0.2, 0.25) is 0 Å². The van der Waals surface area contributed by atoms with Crippen molar-refractivity contribution in [3.05, 3.63) is 0 Å². The highest BCUT2D eigenvalue weighted by molar-refractivity contribution is 5.04. The van der Waals surface area contributed by atoms with E-state index >= 15 is 0 Å². The monoisotopic (exact) mass is 198 g/mol. The normalized spacial score (nSPS) is 29.1. The van der Waals surface area contributed by atoms with Gasteiger partial charge in [0, 0.05) is 6.61 Å². The molecule has 1 saturated carbocycles. The zero-order valence-corrected chi connectivity index (χ0v) is 10.1. The van der Waals surface area contributed by atoms with Crippen molar-refractivity contribution in [2.24, 2.45) is 17.3 Å². The largest absolute Gasteiger partial charge is 0.396 e. The maximum Gasteiger partial charge on any atom is 0.0433 e. The second kappa shape index (κ2) is 5.16. The van der Waals surface area contributed by atoms with Crippen molar-refractivity contribution in [2.45, 2.75) is 59.3 Å². The van der Waals surface area contributed by atoms with Gasteiger partial charge in [-0.15, -0.1) is 0 Å². The maximum absolute atomic E-state index is 8.94. The molecule has 0 saturated heterocycles. The number of hydrogen-bond acceptors (Lipinski definition) is 1. The van der Waals surface area contributed by atoms with E-state index in [1.807, 2.05) is 0 Å². The lowest BCUT2D eigenvalue weighted by Gasteiger charge is -2.01. The molecule has 0 aromatic carbocycles. The Kier molecular flexibility index (Phi) is 4.43. The molecule has 2 unspecified atom stereocenters. The topological polar surface area (TPSA) is 20.2 Å². The SMILES string of the molecule is CCCCCCC1C(CCO)C1(C)C. The van der Waals surface area contributed by atoms with Crippen molar-refractivity contribution in [3.8, 4) is 0 Å². The van der Waals surface area contributed by atoms with Crippen LogP contribution in [0, 0.1) is 17.3 Å². The van der Waals surface area contributed by atoms with Crippen LogP contribution in [-0.4, -0.2) is 11.7 Å². The molecular formula is C13H26O. The van der Waals surface area contributed by atoms with Crippen LogP contribution in [0.3, 0.4) is 0 Å². The molecular weight excluding hydrogens is 172 g/mol. The zero-order chi connectivity index (χ0) is 10.6. The Morgan fingerprint density at radius 1 is 1.00 bits per heavy atom. The van der Waals surface area contributed by atoms with E-state index in [1.54, 1.807) is 0 Å². The predicted molar refractivity (Wildman–Crippen MR) is 61.2 cm³/mol. The third-order valence-corrected chi connectivity index (χ3v) is 4.10. The second-order valence-electron chi connectivity index (χ2n) is 5.40. The Labute approximate surface area is 88.9 Å². The van der Waals surface area contributed by atoms with Gasteiger partial charge < -0.3 is 5.11 Å². The fourth-order valence-electron chi connectivity index (χ4n) is 2.93. The molecule has 0 spiro atoms. The molecule has 14 heavy (non-hydrogen) atoms. The van der Waals surface area contributed by atoms with Crippen LogP contribution >= 0.6 is 0 Å². The molecule has 1 nitrogen and oxygen atoms in total. The molecule has 1 fully saturated rings. The molecule has 1 rings (SSSR count). The molecule has 1 aliphatic carbocycles.